The van der Waals surface area contributed by atoms with Gasteiger partial charge in [0.2, 0.25) is 0 Å². The molecule has 6 heteroatoms. The van der Waals surface area contributed by atoms with Crippen LogP contribution in [0.5, 0.6) is 0 Å². The van der Waals surface area contributed by atoms with Gasteiger partial charge in [-0.05, 0) is 27.7 Å². The van der Waals surface area contributed by atoms with Crippen LogP contribution in [0.15, 0.2) is 6.33 Å². The monoisotopic (exact) mass is 252 g/mol. The van der Waals surface area contributed by atoms with Crippen molar-refractivity contribution in [3.05, 3.63) is 12.2 Å². The molecule has 1 aromatic rings. The Morgan fingerprint density at radius 1 is 1.50 bits per heavy atom. The summed E-state index contributed by atoms with van der Waals surface area (Å²) in [7, 11) is 1.91. The predicted octanol–water partition coefficient (Wildman–Crippen LogP) is 1.54. The lowest BCUT2D eigenvalue weighted by Gasteiger charge is -2.45. The van der Waals surface area contributed by atoms with Gasteiger partial charge in [-0.1, -0.05) is 0 Å². The van der Waals surface area contributed by atoms with E-state index in [9.17, 15) is 4.79 Å². The zero-order valence-electron chi connectivity index (χ0n) is 11.5. The largest absolute Gasteiger partial charge is 0.444 e. The van der Waals surface area contributed by atoms with Crippen molar-refractivity contribution < 1.29 is 9.53 Å². The van der Waals surface area contributed by atoms with Crippen LogP contribution in [0.2, 0.25) is 0 Å². The molecule has 0 aromatic carbocycles. The minimum Gasteiger partial charge on any atom is -0.444 e. The van der Waals surface area contributed by atoms with Gasteiger partial charge in [0.15, 0.2) is 0 Å². The van der Waals surface area contributed by atoms with Crippen LogP contribution in [-0.2, 0) is 11.8 Å². The molecule has 0 spiro atoms. The molecular formula is C12H20N4O2. The average molecular weight is 252 g/mol. The fraction of sp³-hybridized carbons (Fsp3) is 0.750. The summed E-state index contributed by atoms with van der Waals surface area (Å²) in [4.78, 5) is 13.6. The highest BCUT2D eigenvalue weighted by Gasteiger charge is 2.43. The number of carbonyl (C=O) groups is 1. The number of nitrogens with zero attached hydrogens (tertiary/aromatic N) is 4. The zero-order valence-corrected chi connectivity index (χ0v) is 11.5. The maximum absolute atomic E-state index is 11.9. The third-order valence-electron chi connectivity index (χ3n) is 3.17. The lowest BCUT2D eigenvalue weighted by Crippen LogP contribution is -2.57. The molecule has 2 rings (SSSR count). The van der Waals surface area contributed by atoms with Crippen LogP contribution in [0.4, 0.5) is 4.79 Å². The van der Waals surface area contributed by atoms with Crippen LogP contribution in [-0.4, -0.2) is 43.9 Å². The average Bonchev–Trinajstić information content (AvgIpc) is 2.60. The second-order valence-electron chi connectivity index (χ2n) is 5.78. The van der Waals surface area contributed by atoms with E-state index < -0.39 is 5.60 Å². The van der Waals surface area contributed by atoms with Crippen LogP contribution < -0.4 is 0 Å². The van der Waals surface area contributed by atoms with Crippen molar-refractivity contribution in [1.82, 2.24) is 19.7 Å². The summed E-state index contributed by atoms with van der Waals surface area (Å²) >= 11 is 0. The van der Waals surface area contributed by atoms with Crippen molar-refractivity contribution in [3.63, 3.8) is 0 Å². The highest BCUT2D eigenvalue weighted by molar-refractivity contribution is 5.70. The fourth-order valence-corrected chi connectivity index (χ4v) is 2.10. The normalized spacial score (nSPS) is 23.7. The molecule has 0 aliphatic carbocycles. The first-order valence-electron chi connectivity index (χ1n) is 6.13. The predicted molar refractivity (Wildman–Crippen MR) is 66.1 cm³/mol. The molecule has 1 fully saturated rings. The number of ether oxygens (including phenoxy) is 1. The Balaban J connectivity index is 1.98. The van der Waals surface area contributed by atoms with Gasteiger partial charge < -0.3 is 14.2 Å². The van der Waals surface area contributed by atoms with Gasteiger partial charge in [-0.25, -0.2) is 4.79 Å². The van der Waals surface area contributed by atoms with Crippen LogP contribution in [0.1, 0.15) is 39.4 Å². The molecule has 1 aliphatic heterocycles. The van der Waals surface area contributed by atoms with Gasteiger partial charge >= 0.3 is 6.09 Å². The van der Waals surface area contributed by atoms with E-state index in [-0.39, 0.29) is 18.1 Å². The molecular weight excluding hydrogens is 232 g/mol. The van der Waals surface area contributed by atoms with Crippen molar-refractivity contribution in [2.45, 2.75) is 45.3 Å². The Hall–Kier alpha value is -1.59. The summed E-state index contributed by atoms with van der Waals surface area (Å²) in [5.41, 5.74) is -0.452. The number of amides is 1. The van der Waals surface area contributed by atoms with E-state index in [1.165, 1.54) is 0 Å². The molecule has 1 amide bonds. The second-order valence-corrected chi connectivity index (χ2v) is 5.78. The van der Waals surface area contributed by atoms with E-state index >= 15 is 0 Å². The van der Waals surface area contributed by atoms with Gasteiger partial charge in [-0.15, -0.1) is 10.2 Å². The third-order valence-corrected chi connectivity index (χ3v) is 3.17. The van der Waals surface area contributed by atoms with Crippen LogP contribution in [0.3, 0.4) is 0 Å². The van der Waals surface area contributed by atoms with Crippen molar-refractivity contribution in [2.75, 3.05) is 6.54 Å². The Kier molecular flexibility index (Phi) is 3.04. The number of aryl methyl sites for hydroxylation is 1. The van der Waals surface area contributed by atoms with E-state index in [0.717, 1.165) is 5.82 Å². The Morgan fingerprint density at radius 2 is 2.17 bits per heavy atom. The highest BCUT2D eigenvalue weighted by Crippen LogP contribution is 2.33. The second kappa shape index (κ2) is 4.26. The molecule has 2 atom stereocenters. The Bertz CT molecular complexity index is 449. The zero-order chi connectivity index (χ0) is 13.5. The summed E-state index contributed by atoms with van der Waals surface area (Å²) in [5, 5.41) is 7.96. The lowest BCUT2D eigenvalue weighted by molar-refractivity contribution is -0.0113. The SMILES string of the molecule is CC1C(c2nncn2C)CN1C(=O)OC(C)(C)C. The van der Waals surface area contributed by atoms with Gasteiger partial charge in [0.1, 0.15) is 17.8 Å². The molecule has 18 heavy (non-hydrogen) atoms. The smallest absolute Gasteiger partial charge is 0.410 e. The quantitative estimate of drug-likeness (QED) is 0.760. The Labute approximate surface area is 107 Å². The van der Waals surface area contributed by atoms with Crippen molar-refractivity contribution in [3.8, 4) is 0 Å². The van der Waals surface area contributed by atoms with Gasteiger partial charge in [-0.2, -0.15) is 0 Å². The van der Waals surface area contributed by atoms with E-state index in [1.807, 2.05) is 39.3 Å². The topological polar surface area (TPSA) is 60.2 Å². The van der Waals surface area contributed by atoms with Crippen molar-refractivity contribution in [1.29, 1.82) is 0 Å². The first kappa shape index (κ1) is 12.9. The molecule has 6 nitrogen and oxygen atoms in total. The minimum absolute atomic E-state index is 0.0998. The summed E-state index contributed by atoms with van der Waals surface area (Å²) in [6, 6.07) is 0.0998. The molecule has 0 saturated carbocycles. The number of likely N-dealkylation sites (tertiary alicyclic amines) is 1. The number of rotatable bonds is 1. The molecule has 0 bridgehead atoms. The van der Waals surface area contributed by atoms with Gasteiger partial charge in [0.05, 0.1) is 5.92 Å². The highest BCUT2D eigenvalue weighted by atomic mass is 16.6. The maximum atomic E-state index is 11.9. The number of hydrogen-bond donors (Lipinski definition) is 0. The molecule has 0 radical (unpaired) electrons. The van der Waals surface area contributed by atoms with E-state index in [1.54, 1.807) is 11.2 Å². The summed E-state index contributed by atoms with van der Waals surface area (Å²) < 4.78 is 7.25. The molecule has 0 N–H and O–H groups in total. The summed E-state index contributed by atoms with van der Waals surface area (Å²) in [6.07, 6.45) is 1.42. The van der Waals surface area contributed by atoms with Crippen LogP contribution >= 0.6 is 0 Å². The number of hydrogen-bond acceptors (Lipinski definition) is 4. The first-order chi connectivity index (χ1) is 8.29. The van der Waals surface area contributed by atoms with Crippen LogP contribution in [0, 0.1) is 0 Å². The van der Waals surface area contributed by atoms with Gasteiger partial charge in [0.25, 0.3) is 0 Å². The molecule has 1 saturated heterocycles. The van der Waals surface area contributed by atoms with E-state index in [4.69, 9.17) is 4.74 Å². The maximum Gasteiger partial charge on any atom is 0.410 e. The molecule has 2 unspecified atom stereocenters. The summed E-state index contributed by atoms with van der Waals surface area (Å²) in [6.45, 7) is 8.26. The van der Waals surface area contributed by atoms with Gasteiger partial charge in [0, 0.05) is 19.6 Å². The first-order valence-corrected chi connectivity index (χ1v) is 6.13. The van der Waals surface area contributed by atoms with Crippen LogP contribution in [0.25, 0.3) is 0 Å². The van der Waals surface area contributed by atoms with E-state index in [2.05, 4.69) is 10.2 Å². The summed E-state index contributed by atoms with van der Waals surface area (Å²) in [5.74, 6) is 1.16. The molecule has 2 heterocycles. The van der Waals surface area contributed by atoms with E-state index in [0.29, 0.717) is 6.54 Å². The lowest BCUT2D eigenvalue weighted by atomic mass is 9.89. The fourth-order valence-electron chi connectivity index (χ4n) is 2.10. The molecule has 100 valence electrons. The number of aromatic nitrogens is 3. The molecule has 1 aliphatic rings. The van der Waals surface area contributed by atoms with Crippen molar-refractivity contribution in [2.24, 2.45) is 7.05 Å². The Morgan fingerprint density at radius 3 is 2.61 bits per heavy atom. The van der Waals surface area contributed by atoms with Gasteiger partial charge in [-0.3, -0.25) is 0 Å². The molecule has 1 aromatic heterocycles. The standard InChI is InChI=1S/C12H20N4O2/c1-8-9(10-14-13-7-15(10)5)6-16(8)11(17)18-12(2,3)4/h7-9H,6H2,1-5H3. The third kappa shape index (κ3) is 2.32. The number of carbonyl (C=O) groups excluding carboxylic acids is 1. The van der Waals surface area contributed by atoms with Crippen molar-refractivity contribution >= 4 is 6.09 Å². The minimum atomic E-state index is -0.452.